The molecule has 2 aromatic rings. The third-order valence-electron chi connectivity index (χ3n) is 4.36. The van der Waals surface area contributed by atoms with Gasteiger partial charge in [-0.15, -0.1) is 0 Å². The molecule has 2 heterocycles. The van der Waals surface area contributed by atoms with Crippen LogP contribution in [0.25, 0.3) is 10.9 Å². The standard InChI is InChI=1S/C17H20N2O2/c1-11-6-13(8-18-11)16-9-19-17-5-3-12(7-15(16)17)2-4-14(21)10-20/h3,5,7,9-11,13,18-19H,2,4,6,8H2,1H3. The quantitative estimate of drug-likeness (QED) is 0.654. The fraction of sp³-hybridized carbons (Fsp3) is 0.412. The van der Waals surface area contributed by atoms with Gasteiger partial charge in [0.05, 0.1) is 0 Å². The fourth-order valence-corrected chi connectivity index (χ4v) is 3.18. The zero-order valence-electron chi connectivity index (χ0n) is 12.2. The number of benzene rings is 1. The molecule has 3 rings (SSSR count). The van der Waals surface area contributed by atoms with Gasteiger partial charge in [0, 0.05) is 36.1 Å². The number of Topliss-reactive ketones (excluding diaryl/α,β-unsaturated/α-hetero) is 1. The van der Waals surface area contributed by atoms with E-state index in [1.165, 1.54) is 10.9 Å². The molecule has 1 aliphatic heterocycles. The van der Waals surface area contributed by atoms with Crippen LogP contribution in [0.2, 0.25) is 0 Å². The molecule has 0 amide bonds. The number of nitrogens with one attached hydrogen (secondary N) is 2. The Labute approximate surface area is 123 Å². The van der Waals surface area contributed by atoms with Gasteiger partial charge in [-0.3, -0.25) is 9.59 Å². The molecule has 0 saturated carbocycles. The minimum Gasteiger partial charge on any atom is -0.361 e. The van der Waals surface area contributed by atoms with Crippen LogP contribution in [-0.2, 0) is 16.0 Å². The maximum atomic E-state index is 11.1. The summed E-state index contributed by atoms with van der Waals surface area (Å²) in [5.74, 6) is 0.207. The summed E-state index contributed by atoms with van der Waals surface area (Å²) in [4.78, 5) is 24.9. The first kappa shape index (κ1) is 14.0. The van der Waals surface area contributed by atoms with Crippen molar-refractivity contribution in [3.05, 3.63) is 35.5 Å². The Bertz CT molecular complexity index is 674. The van der Waals surface area contributed by atoms with Crippen LogP contribution >= 0.6 is 0 Å². The highest BCUT2D eigenvalue weighted by Gasteiger charge is 2.24. The van der Waals surface area contributed by atoms with Gasteiger partial charge in [-0.1, -0.05) is 6.07 Å². The zero-order valence-corrected chi connectivity index (χ0v) is 12.2. The van der Waals surface area contributed by atoms with Crippen LogP contribution in [0, 0.1) is 0 Å². The Balaban J connectivity index is 1.85. The highest BCUT2D eigenvalue weighted by Crippen LogP contribution is 2.32. The maximum Gasteiger partial charge on any atom is 0.195 e. The predicted octanol–water partition coefficient (Wildman–Crippen LogP) is 2.33. The third-order valence-corrected chi connectivity index (χ3v) is 4.36. The second-order valence-corrected chi connectivity index (χ2v) is 5.95. The predicted molar refractivity (Wildman–Crippen MR) is 82.5 cm³/mol. The van der Waals surface area contributed by atoms with E-state index in [-0.39, 0.29) is 12.2 Å². The van der Waals surface area contributed by atoms with Crippen molar-refractivity contribution in [1.82, 2.24) is 10.3 Å². The molecule has 2 N–H and O–H groups in total. The molecule has 21 heavy (non-hydrogen) atoms. The van der Waals surface area contributed by atoms with Crippen molar-refractivity contribution in [1.29, 1.82) is 0 Å². The molecule has 0 spiro atoms. The summed E-state index contributed by atoms with van der Waals surface area (Å²) in [6.45, 7) is 3.23. The summed E-state index contributed by atoms with van der Waals surface area (Å²) in [6.07, 6.45) is 4.58. The van der Waals surface area contributed by atoms with Crippen LogP contribution in [0.3, 0.4) is 0 Å². The van der Waals surface area contributed by atoms with Crippen LogP contribution in [0.5, 0.6) is 0 Å². The number of hydrogen-bond donors (Lipinski definition) is 2. The number of aryl methyl sites for hydroxylation is 1. The molecule has 0 radical (unpaired) electrons. The number of aromatic nitrogens is 1. The van der Waals surface area contributed by atoms with E-state index in [1.54, 1.807) is 0 Å². The van der Waals surface area contributed by atoms with Crippen molar-refractivity contribution in [2.24, 2.45) is 0 Å². The molecule has 110 valence electrons. The van der Waals surface area contributed by atoms with Gasteiger partial charge < -0.3 is 10.3 Å². The third kappa shape index (κ3) is 2.90. The average Bonchev–Trinajstić information content (AvgIpc) is 3.10. The van der Waals surface area contributed by atoms with Crippen molar-refractivity contribution in [3.8, 4) is 0 Å². The lowest BCUT2D eigenvalue weighted by Gasteiger charge is -2.08. The number of ketones is 1. The summed E-state index contributed by atoms with van der Waals surface area (Å²) in [5, 5.41) is 4.73. The van der Waals surface area contributed by atoms with Crippen LogP contribution in [-0.4, -0.2) is 29.6 Å². The molecule has 2 unspecified atom stereocenters. The number of carbonyl (C=O) groups is 2. The summed E-state index contributed by atoms with van der Waals surface area (Å²) < 4.78 is 0. The van der Waals surface area contributed by atoms with E-state index in [2.05, 4.69) is 35.6 Å². The van der Waals surface area contributed by atoms with E-state index >= 15 is 0 Å². The molecule has 1 aliphatic rings. The fourth-order valence-electron chi connectivity index (χ4n) is 3.18. The van der Waals surface area contributed by atoms with Crippen molar-refractivity contribution < 1.29 is 9.59 Å². The van der Waals surface area contributed by atoms with E-state index in [1.807, 2.05) is 6.07 Å². The van der Waals surface area contributed by atoms with Crippen LogP contribution in [0.4, 0.5) is 0 Å². The lowest BCUT2D eigenvalue weighted by Crippen LogP contribution is -2.16. The molecule has 1 aromatic heterocycles. The average molecular weight is 284 g/mol. The number of H-pyrrole nitrogens is 1. The smallest absolute Gasteiger partial charge is 0.195 e. The van der Waals surface area contributed by atoms with Gasteiger partial charge >= 0.3 is 0 Å². The lowest BCUT2D eigenvalue weighted by molar-refractivity contribution is -0.129. The Hall–Kier alpha value is -1.94. The van der Waals surface area contributed by atoms with Crippen molar-refractivity contribution in [2.45, 2.75) is 38.1 Å². The minimum atomic E-state index is -0.335. The van der Waals surface area contributed by atoms with E-state index in [0.29, 0.717) is 24.7 Å². The number of aromatic amines is 1. The molecular formula is C17H20N2O2. The molecular weight excluding hydrogens is 264 g/mol. The van der Waals surface area contributed by atoms with Gasteiger partial charge in [0.25, 0.3) is 0 Å². The van der Waals surface area contributed by atoms with Gasteiger partial charge in [-0.25, -0.2) is 0 Å². The number of rotatable bonds is 5. The van der Waals surface area contributed by atoms with Gasteiger partial charge in [-0.2, -0.15) is 0 Å². The Morgan fingerprint density at radius 1 is 1.43 bits per heavy atom. The number of carbonyl (C=O) groups excluding carboxylic acids is 2. The maximum absolute atomic E-state index is 11.1. The number of fused-ring (bicyclic) bond motifs is 1. The Kier molecular flexibility index (Phi) is 3.88. The van der Waals surface area contributed by atoms with Crippen molar-refractivity contribution in [3.63, 3.8) is 0 Å². The van der Waals surface area contributed by atoms with Crippen LogP contribution in [0.15, 0.2) is 24.4 Å². The highest BCUT2D eigenvalue weighted by molar-refractivity contribution is 6.24. The summed E-state index contributed by atoms with van der Waals surface area (Å²) in [5.41, 5.74) is 3.60. The van der Waals surface area contributed by atoms with E-state index < -0.39 is 0 Å². The second-order valence-electron chi connectivity index (χ2n) is 5.95. The molecule has 1 fully saturated rings. The first-order chi connectivity index (χ1) is 10.2. The van der Waals surface area contributed by atoms with Gasteiger partial charge in [0.1, 0.15) is 0 Å². The van der Waals surface area contributed by atoms with E-state index in [0.717, 1.165) is 24.0 Å². The lowest BCUT2D eigenvalue weighted by atomic mass is 9.95. The Morgan fingerprint density at radius 2 is 2.29 bits per heavy atom. The largest absolute Gasteiger partial charge is 0.361 e. The number of hydrogen-bond acceptors (Lipinski definition) is 3. The molecule has 4 nitrogen and oxygen atoms in total. The van der Waals surface area contributed by atoms with E-state index in [4.69, 9.17) is 0 Å². The van der Waals surface area contributed by atoms with Gasteiger partial charge in [0.2, 0.25) is 0 Å². The van der Waals surface area contributed by atoms with Gasteiger partial charge in [0.15, 0.2) is 12.1 Å². The zero-order chi connectivity index (χ0) is 14.8. The number of aldehydes is 1. The topological polar surface area (TPSA) is 62.0 Å². The first-order valence-electron chi connectivity index (χ1n) is 7.48. The first-order valence-corrected chi connectivity index (χ1v) is 7.48. The normalized spacial score (nSPS) is 21.8. The van der Waals surface area contributed by atoms with Gasteiger partial charge in [-0.05, 0) is 48.9 Å². The van der Waals surface area contributed by atoms with Crippen LogP contribution < -0.4 is 5.32 Å². The molecule has 0 aliphatic carbocycles. The summed E-state index contributed by atoms with van der Waals surface area (Å²) >= 11 is 0. The molecule has 2 atom stereocenters. The van der Waals surface area contributed by atoms with Crippen molar-refractivity contribution >= 4 is 23.0 Å². The summed E-state index contributed by atoms with van der Waals surface area (Å²) in [7, 11) is 0. The SMILES string of the molecule is CC1CC(c2c[nH]c3ccc(CCC(=O)C=O)cc23)CN1. The van der Waals surface area contributed by atoms with E-state index in [9.17, 15) is 9.59 Å². The second kappa shape index (κ2) is 5.82. The molecule has 0 bridgehead atoms. The molecule has 1 saturated heterocycles. The molecule has 1 aromatic carbocycles. The van der Waals surface area contributed by atoms with Crippen LogP contribution in [0.1, 0.15) is 36.8 Å². The Morgan fingerprint density at radius 3 is 3.00 bits per heavy atom. The molecule has 4 heteroatoms. The highest BCUT2D eigenvalue weighted by atomic mass is 16.2. The minimum absolute atomic E-state index is 0.288. The monoisotopic (exact) mass is 284 g/mol. The summed E-state index contributed by atoms with van der Waals surface area (Å²) in [6, 6.07) is 6.80. The van der Waals surface area contributed by atoms with Crippen molar-refractivity contribution in [2.75, 3.05) is 6.54 Å².